The van der Waals surface area contributed by atoms with Gasteiger partial charge in [0.25, 0.3) is 0 Å². The maximum atomic E-state index is 4.28. The fraction of sp³-hybridized carbons (Fsp3) is 0.400. The predicted molar refractivity (Wildman–Crippen MR) is 59.8 cm³/mol. The molecule has 0 saturated heterocycles. The summed E-state index contributed by atoms with van der Waals surface area (Å²) in [6.07, 6.45) is 6.83. The number of aromatic nitrogens is 2. The van der Waals surface area contributed by atoms with E-state index in [2.05, 4.69) is 43.9 Å². The first-order chi connectivity index (χ1) is 6.75. The molecule has 0 amide bonds. The van der Waals surface area contributed by atoms with E-state index in [4.69, 9.17) is 0 Å². The minimum absolute atomic E-state index is 0.862. The minimum atomic E-state index is 0.862. The van der Waals surface area contributed by atoms with Gasteiger partial charge in [-0.25, -0.2) is 9.97 Å². The van der Waals surface area contributed by atoms with Crippen molar-refractivity contribution in [2.75, 3.05) is 20.1 Å². The van der Waals surface area contributed by atoms with Crippen molar-refractivity contribution >= 4 is 21.5 Å². The molecular weight excluding hydrogens is 242 g/mol. The lowest BCUT2D eigenvalue weighted by atomic mass is 10.1. The Morgan fingerprint density at radius 3 is 2.64 bits per heavy atom. The van der Waals surface area contributed by atoms with Crippen molar-refractivity contribution in [2.45, 2.75) is 6.42 Å². The van der Waals surface area contributed by atoms with Crippen molar-refractivity contribution in [3.8, 4) is 0 Å². The summed E-state index contributed by atoms with van der Waals surface area (Å²) in [4.78, 5) is 10.8. The van der Waals surface area contributed by atoms with Crippen LogP contribution in [0.1, 0.15) is 12.2 Å². The summed E-state index contributed by atoms with van der Waals surface area (Å²) in [6, 6.07) is 0. The van der Waals surface area contributed by atoms with Crippen LogP contribution in [0.3, 0.4) is 0 Å². The first-order valence-electron chi connectivity index (χ1n) is 4.61. The second kappa shape index (κ2) is 4.19. The van der Waals surface area contributed by atoms with E-state index in [9.17, 15) is 0 Å². The molecule has 0 aromatic carbocycles. The second-order valence-electron chi connectivity index (χ2n) is 3.47. The van der Waals surface area contributed by atoms with Gasteiger partial charge >= 0.3 is 0 Å². The highest BCUT2D eigenvalue weighted by Gasteiger charge is 2.11. The van der Waals surface area contributed by atoms with Gasteiger partial charge in [0.15, 0.2) is 5.82 Å². The molecule has 2 rings (SSSR count). The molecule has 0 bridgehead atoms. The molecule has 1 aliphatic heterocycles. The standard InChI is InChI=1S/C10H12BrN3/c1-14-4-2-8(3-5-14)10-12-6-9(11)7-13-10/h2,6-7H,3-5H2,1H3. The van der Waals surface area contributed by atoms with Crippen LogP contribution >= 0.6 is 15.9 Å². The Morgan fingerprint density at radius 1 is 1.36 bits per heavy atom. The van der Waals surface area contributed by atoms with E-state index < -0.39 is 0 Å². The molecule has 0 fully saturated rings. The van der Waals surface area contributed by atoms with Gasteiger partial charge in [-0.15, -0.1) is 0 Å². The van der Waals surface area contributed by atoms with Gasteiger partial charge in [-0.2, -0.15) is 0 Å². The third-order valence-corrected chi connectivity index (χ3v) is 2.73. The predicted octanol–water partition coefficient (Wildman–Crippen LogP) is 1.96. The van der Waals surface area contributed by atoms with E-state index in [1.165, 1.54) is 5.57 Å². The molecule has 3 nitrogen and oxygen atoms in total. The number of likely N-dealkylation sites (N-methyl/N-ethyl adjacent to an activating group) is 1. The molecule has 1 aromatic heterocycles. The molecule has 74 valence electrons. The summed E-state index contributed by atoms with van der Waals surface area (Å²) in [5, 5.41) is 0. The quantitative estimate of drug-likeness (QED) is 0.767. The summed E-state index contributed by atoms with van der Waals surface area (Å²) < 4.78 is 0.926. The summed E-state index contributed by atoms with van der Waals surface area (Å²) >= 11 is 3.33. The topological polar surface area (TPSA) is 29.0 Å². The highest BCUT2D eigenvalue weighted by Crippen LogP contribution is 2.18. The number of nitrogens with zero attached hydrogens (tertiary/aromatic N) is 3. The van der Waals surface area contributed by atoms with Gasteiger partial charge < -0.3 is 4.90 Å². The average Bonchev–Trinajstić information content (AvgIpc) is 2.21. The maximum Gasteiger partial charge on any atom is 0.154 e. The lowest BCUT2D eigenvalue weighted by molar-refractivity contribution is 0.369. The smallest absolute Gasteiger partial charge is 0.154 e. The first kappa shape index (κ1) is 9.80. The summed E-state index contributed by atoms with van der Waals surface area (Å²) in [5.74, 6) is 0.862. The van der Waals surface area contributed by atoms with Gasteiger partial charge in [-0.3, -0.25) is 0 Å². The zero-order valence-electron chi connectivity index (χ0n) is 8.07. The molecule has 1 aliphatic rings. The Morgan fingerprint density at radius 2 is 2.07 bits per heavy atom. The van der Waals surface area contributed by atoms with Gasteiger partial charge in [0.2, 0.25) is 0 Å². The van der Waals surface area contributed by atoms with Gasteiger partial charge in [0, 0.05) is 25.5 Å². The molecule has 0 aliphatic carbocycles. The number of hydrogen-bond acceptors (Lipinski definition) is 3. The van der Waals surface area contributed by atoms with Crippen molar-refractivity contribution in [1.82, 2.24) is 14.9 Å². The average molecular weight is 254 g/mol. The van der Waals surface area contributed by atoms with E-state index in [0.717, 1.165) is 29.8 Å². The van der Waals surface area contributed by atoms with E-state index in [0.29, 0.717) is 0 Å². The van der Waals surface area contributed by atoms with Crippen LogP contribution in [0.25, 0.3) is 5.57 Å². The SMILES string of the molecule is CN1CC=C(c2ncc(Br)cn2)CC1. The fourth-order valence-corrected chi connectivity index (χ4v) is 1.66. The summed E-state index contributed by atoms with van der Waals surface area (Å²) in [6.45, 7) is 2.08. The van der Waals surface area contributed by atoms with Crippen molar-refractivity contribution in [3.63, 3.8) is 0 Å². The Bertz CT molecular complexity index is 345. The van der Waals surface area contributed by atoms with E-state index in [1.54, 1.807) is 12.4 Å². The van der Waals surface area contributed by atoms with Crippen LogP contribution < -0.4 is 0 Å². The van der Waals surface area contributed by atoms with Crippen molar-refractivity contribution in [1.29, 1.82) is 0 Å². The molecule has 14 heavy (non-hydrogen) atoms. The van der Waals surface area contributed by atoms with Crippen LogP contribution in [0.4, 0.5) is 0 Å². The van der Waals surface area contributed by atoms with Gasteiger partial charge in [0.05, 0.1) is 4.47 Å². The first-order valence-corrected chi connectivity index (χ1v) is 5.40. The highest BCUT2D eigenvalue weighted by atomic mass is 79.9. The molecule has 0 unspecified atom stereocenters. The summed E-state index contributed by atoms with van der Waals surface area (Å²) in [5.41, 5.74) is 1.26. The van der Waals surface area contributed by atoms with Crippen LogP contribution in [-0.4, -0.2) is 35.0 Å². The van der Waals surface area contributed by atoms with Gasteiger partial charge in [-0.1, -0.05) is 6.08 Å². The van der Waals surface area contributed by atoms with E-state index in [1.807, 2.05) is 0 Å². The van der Waals surface area contributed by atoms with Gasteiger partial charge in [0.1, 0.15) is 0 Å². The van der Waals surface area contributed by atoms with Crippen LogP contribution in [0.15, 0.2) is 22.9 Å². The lowest BCUT2D eigenvalue weighted by Gasteiger charge is -2.20. The van der Waals surface area contributed by atoms with E-state index >= 15 is 0 Å². The molecule has 0 N–H and O–H groups in total. The van der Waals surface area contributed by atoms with Crippen molar-refractivity contribution < 1.29 is 0 Å². The lowest BCUT2D eigenvalue weighted by Crippen LogP contribution is -2.24. The van der Waals surface area contributed by atoms with Crippen LogP contribution in [-0.2, 0) is 0 Å². The van der Waals surface area contributed by atoms with Gasteiger partial charge in [-0.05, 0) is 35.0 Å². The van der Waals surface area contributed by atoms with Crippen molar-refractivity contribution in [2.24, 2.45) is 0 Å². The maximum absolute atomic E-state index is 4.28. The van der Waals surface area contributed by atoms with Crippen LogP contribution in [0.2, 0.25) is 0 Å². The minimum Gasteiger partial charge on any atom is -0.302 e. The molecule has 0 radical (unpaired) electrons. The largest absolute Gasteiger partial charge is 0.302 e. The Kier molecular flexibility index (Phi) is 2.93. The normalized spacial score (nSPS) is 18.0. The number of halogens is 1. The Balaban J connectivity index is 2.19. The molecule has 2 heterocycles. The molecular formula is C10H12BrN3. The molecule has 0 saturated carbocycles. The molecule has 0 atom stereocenters. The van der Waals surface area contributed by atoms with Crippen molar-refractivity contribution in [3.05, 3.63) is 28.8 Å². The third-order valence-electron chi connectivity index (χ3n) is 2.32. The monoisotopic (exact) mass is 253 g/mol. The number of hydrogen-bond donors (Lipinski definition) is 0. The van der Waals surface area contributed by atoms with Crippen LogP contribution in [0, 0.1) is 0 Å². The van der Waals surface area contributed by atoms with E-state index in [-0.39, 0.29) is 0 Å². The third kappa shape index (κ3) is 2.19. The molecule has 4 heteroatoms. The zero-order chi connectivity index (χ0) is 9.97. The molecule has 1 aromatic rings. The van der Waals surface area contributed by atoms with Crippen LogP contribution in [0.5, 0.6) is 0 Å². The Hall–Kier alpha value is -0.740. The molecule has 0 spiro atoms. The fourth-order valence-electron chi connectivity index (χ4n) is 1.45. The second-order valence-corrected chi connectivity index (χ2v) is 4.38. The Labute approximate surface area is 92.0 Å². The highest BCUT2D eigenvalue weighted by molar-refractivity contribution is 9.10. The number of rotatable bonds is 1. The summed E-state index contributed by atoms with van der Waals surface area (Å²) in [7, 11) is 2.12. The zero-order valence-corrected chi connectivity index (χ0v) is 9.66.